The number of cyclic esters (lactones) is 1. The highest BCUT2D eigenvalue weighted by molar-refractivity contribution is 5.90. The zero-order chi connectivity index (χ0) is 13.0. The van der Waals surface area contributed by atoms with E-state index in [9.17, 15) is 4.79 Å². The molecule has 0 amide bonds. The number of carbonyl (C=O) groups excluding carboxylic acids is 1. The second-order valence-electron chi connectivity index (χ2n) is 5.27. The SMILES string of the molecule is C=CCCCCC1(C)OC(=O)C2=C(CCCC2)O1. The van der Waals surface area contributed by atoms with Gasteiger partial charge in [-0.05, 0) is 38.5 Å². The predicted molar refractivity (Wildman–Crippen MR) is 69.7 cm³/mol. The molecule has 0 spiro atoms. The standard InChI is InChI=1S/C15H22O3/c1-3-4-5-8-11-15(2)17-13-10-7-6-9-12(13)14(16)18-15/h3H,1,4-11H2,2H3. The van der Waals surface area contributed by atoms with Crippen molar-refractivity contribution in [2.75, 3.05) is 0 Å². The Morgan fingerprint density at radius 1 is 1.28 bits per heavy atom. The fraction of sp³-hybridized carbons (Fsp3) is 0.667. The highest BCUT2D eigenvalue weighted by atomic mass is 16.7. The van der Waals surface area contributed by atoms with Crippen LogP contribution in [0.4, 0.5) is 0 Å². The number of unbranched alkanes of at least 4 members (excludes halogenated alkanes) is 2. The third-order valence-corrected chi connectivity index (χ3v) is 3.60. The number of ether oxygens (including phenoxy) is 2. The number of hydrogen-bond donors (Lipinski definition) is 0. The zero-order valence-corrected chi connectivity index (χ0v) is 11.2. The van der Waals surface area contributed by atoms with Crippen LogP contribution in [0.25, 0.3) is 0 Å². The summed E-state index contributed by atoms with van der Waals surface area (Å²) in [6.45, 7) is 5.58. The Morgan fingerprint density at radius 2 is 2.06 bits per heavy atom. The second-order valence-corrected chi connectivity index (χ2v) is 5.27. The molecule has 1 aliphatic heterocycles. The number of hydrogen-bond acceptors (Lipinski definition) is 3. The van der Waals surface area contributed by atoms with E-state index < -0.39 is 5.79 Å². The van der Waals surface area contributed by atoms with Crippen LogP contribution in [-0.2, 0) is 14.3 Å². The fourth-order valence-corrected chi connectivity index (χ4v) is 2.58. The third kappa shape index (κ3) is 2.95. The third-order valence-electron chi connectivity index (χ3n) is 3.60. The minimum absolute atomic E-state index is 0.165. The Balaban J connectivity index is 1.97. The van der Waals surface area contributed by atoms with Crippen molar-refractivity contribution in [3.8, 4) is 0 Å². The van der Waals surface area contributed by atoms with Gasteiger partial charge in [-0.1, -0.05) is 6.08 Å². The zero-order valence-electron chi connectivity index (χ0n) is 11.2. The topological polar surface area (TPSA) is 35.5 Å². The normalized spacial score (nSPS) is 27.3. The number of rotatable bonds is 5. The van der Waals surface area contributed by atoms with Gasteiger partial charge in [0.1, 0.15) is 5.76 Å². The average Bonchev–Trinajstić information content (AvgIpc) is 2.35. The van der Waals surface area contributed by atoms with Gasteiger partial charge >= 0.3 is 5.97 Å². The van der Waals surface area contributed by atoms with E-state index in [0.29, 0.717) is 0 Å². The lowest BCUT2D eigenvalue weighted by atomic mass is 9.96. The predicted octanol–water partition coefficient (Wildman–Crippen LogP) is 3.85. The molecular formula is C15H22O3. The van der Waals surface area contributed by atoms with E-state index >= 15 is 0 Å². The molecule has 0 aromatic heterocycles. The number of esters is 1. The minimum Gasteiger partial charge on any atom is -0.456 e. The smallest absolute Gasteiger partial charge is 0.340 e. The summed E-state index contributed by atoms with van der Waals surface area (Å²) in [5.74, 6) is -0.0417. The maximum Gasteiger partial charge on any atom is 0.340 e. The Labute approximate surface area is 109 Å². The molecule has 0 bridgehead atoms. The average molecular weight is 250 g/mol. The molecule has 3 nitrogen and oxygen atoms in total. The van der Waals surface area contributed by atoms with Gasteiger partial charge in [0.15, 0.2) is 0 Å². The maximum atomic E-state index is 12.0. The van der Waals surface area contributed by atoms with Crippen molar-refractivity contribution < 1.29 is 14.3 Å². The molecule has 0 fully saturated rings. The molecule has 100 valence electrons. The van der Waals surface area contributed by atoms with E-state index in [0.717, 1.165) is 62.7 Å². The van der Waals surface area contributed by atoms with Crippen molar-refractivity contribution in [2.24, 2.45) is 0 Å². The van der Waals surface area contributed by atoms with Crippen molar-refractivity contribution >= 4 is 5.97 Å². The van der Waals surface area contributed by atoms with Gasteiger partial charge in [-0.25, -0.2) is 4.79 Å². The van der Waals surface area contributed by atoms with Crippen LogP contribution in [0, 0.1) is 0 Å². The molecule has 0 N–H and O–H groups in total. The Bertz CT molecular complexity index is 370. The summed E-state index contributed by atoms with van der Waals surface area (Å²) in [5.41, 5.74) is 0.768. The first-order valence-corrected chi connectivity index (χ1v) is 6.90. The summed E-state index contributed by atoms with van der Waals surface area (Å²) in [6, 6.07) is 0. The molecule has 2 rings (SSSR count). The molecule has 1 atom stereocenters. The molecule has 1 unspecified atom stereocenters. The largest absolute Gasteiger partial charge is 0.456 e. The van der Waals surface area contributed by atoms with E-state index in [4.69, 9.17) is 9.47 Å². The maximum absolute atomic E-state index is 12.0. The molecule has 1 heterocycles. The van der Waals surface area contributed by atoms with E-state index in [1.807, 2.05) is 13.0 Å². The highest BCUT2D eigenvalue weighted by Crippen LogP contribution is 2.37. The van der Waals surface area contributed by atoms with E-state index in [1.165, 1.54) is 0 Å². The summed E-state index contributed by atoms with van der Waals surface area (Å²) >= 11 is 0. The first kappa shape index (κ1) is 13.2. The number of carbonyl (C=O) groups is 1. The second kappa shape index (κ2) is 5.59. The van der Waals surface area contributed by atoms with Crippen molar-refractivity contribution in [3.63, 3.8) is 0 Å². The van der Waals surface area contributed by atoms with E-state index in [1.54, 1.807) is 0 Å². The lowest BCUT2D eigenvalue weighted by molar-refractivity contribution is -0.220. The van der Waals surface area contributed by atoms with Crippen molar-refractivity contribution in [3.05, 3.63) is 24.0 Å². The van der Waals surface area contributed by atoms with E-state index in [-0.39, 0.29) is 5.97 Å². The van der Waals surface area contributed by atoms with Gasteiger partial charge in [0.25, 0.3) is 5.79 Å². The van der Waals surface area contributed by atoms with E-state index in [2.05, 4.69) is 6.58 Å². The lowest BCUT2D eigenvalue weighted by Crippen LogP contribution is -2.40. The van der Waals surface area contributed by atoms with Gasteiger partial charge in [-0.3, -0.25) is 0 Å². The molecule has 3 heteroatoms. The van der Waals surface area contributed by atoms with Crippen LogP contribution in [-0.4, -0.2) is 11.8 Å². The highest BCUT2D eigenvalue weighted by Gasteiger charge is 2.39. The van der Waals surface area contributed by atoms with Crippen LogP contribution in [0.3, 0.4) is 0 Å². The molecule has 0 aromatic carbocycles. The molecule has 2 aliphatic rings. The van der Waals surface area contributed by atoms with Gasteiger partial charge in [0, 0.05) is 19.8 Å². The van der Waals surface area contributed by atoms with Crippen LogP contribution >= 0.6 is 0 Å². The molecule has 0 radical (unpaired) electrons. The van der Waals surface area contributed by atoms with Gasteiger partial charge in [0.2, 0.25) is 0 Å². The molecule has 0 saturated heterocycles. The molecule has 0 aromatic rings. The van der Waals surface area contributed by atoms with Crippen LogP contribution < -0.4 is 0 Å². The Morgan fingerprint density at radius 3 is 2.83 bits per heavy atom. The van der Waals surface area contributed by atoms with Crippen molar-refractivity contribution in [2.45, 2.75) is 64.1 Å². The molecule has 18 heavy (non-hydrogen) atoms. The fourth-order valence-electron chi connectivity index (χ4n) is 2.58. The Kier molecular flexibility index (Phi) is 4.10. The Hall–Kier alpha value is -1.25. The first-order valence-electron chi connectivity index (χ1n) is 6.90. The molecular weight excluding hydrogens is 228 g/mol. The lowest BCUT2D eigenvalue weighted by Gasteiger charge is -2.37. The van der Waals surface area contributed by atoms with Crippen LogP contribution in [0.2, 0.25) is 0 Å². The quantitative estimate of drug-likeness (QED) is 0.422. The van der Waals surface area contributed by atoms with Crippen LogP contribution in [0.1, 0.15) is 58.3 Å². The summed E-state index contributed by atoms with van der Waals surface area (Å²) in [7, 11) is 0. The summed E-state index contributed by atoms with van der Waals surface area (Å²) in [4.78, 5) is 12.0. The van der Waals surface area contributed by atoms with Crippen LogP contribution in [0.5, 0.6) is 0 Å². The van der Waals surface area contributed by atoms with Crippen molar-refractivity contribution in [1.29, 1.82) is 0 Å². The summed E-state index contributed by atoms with van der Waals surface area (Å²) in [6.07, 6.45) is 9.57. The van der Waals surface area contributed by atoms with Gasteiger partial charge < -0.3 is 9.47 Å². The van der Waals surface area contributed by atoms with Gasteiger partial charge in [0.05, 0.1) is 5.57 Å². The summed E-state index contributed by atoms with van der Waals surface area (Å²) in [5, 5.41) is 0. The van der Waals surface area contributed by atoms with Gasteiger partial charge in [-0.2, -0.15) is 0 Å². The van der Waals surface area contributed by atoms with Gasteiger partial charge in [-0.15, -0.1) is 6.58 Å². The monoisotopic (exact) mass is 250 g/mol. The minimum atomic E-state index is -0.756. The molecule has 0 saturated carbocycles. The first-order chi connectivity index (χ1) is 8.64. The van der Waals surface area contributed by atoms with Crippen LogP contribution in [0.15, 0.2) is 24.0 Å². The molecule has 1 aliphatic carbocycles. The number of allylic oxidation sites excluding steroid dienone is 2. The summed E-state index contributed by atoms with van der Waals surface area (Å²) < 4.78 is 11.4. The van der Waals surface area contributed by atoms with Crippen molar-refractivity contribution in [1.82, 2.24) is 0 Å².